The van der Waals surface area contributed by atoms with Crippen molar-refractivity contribution in [1.82, 2.24) is 10.2 Å². The lowest BCUT2D eigenvalue weighted by Crippen LogP contribution is -2.53. The van der Waals surface area contributed by atoms with E-state index in [1.54, 1.807) is 24.3 Å². The maximum absolute atomic E-state index is 13.8. The molecule has 2 aromatic rings. The largest absolute Gasteiger partial charge is 0.494 e. The molecule has 2 amide bonds. The summed E-state index contributed by atoms with van der Waals surface area (Å²) in [7, 11) is -3.78. The highest BCUT2D eigenvalue weighted by molar-refractivity contribution is 7.92. The molecule has 1 N–H and O–H groups in total. The van der Waals surface area contributed by atoms with Crippen molar-refractivity contribution in [1.29, 1.82) is 0 Å². The normalized spacial score (nSPS) is 14.7. The van der Waals surface area contributed by atoms with Crippen LogP contribution in [0.15, 0.2) is 48.5 Å². The van der Waals surface area contributed by atoms with Crippen LogP contribution in [0.4, 0.5) is 5.69 Å². The van der Waals surface area contributed by atoms with Crippen LogP contribution in [-0.2, 0) is 26.2 Å². The molecule has 0 bridgehead atoms. The molecule has 9 heteroatoms. The van der Waals surface area contributed by atoms with Gasteiger partial charge >= 0.3 is 0 Å². The molecular formula is C28H39N3O5S. The average Bonchev–Trinajstić information content (AvgIpc) is 3.36. The minimum atomic E-state index is -3.78. The van der Waals surface area contributed by atoms with Gasteiger partial charge in [-0.3, -0.25) is 13.9 Å². The van der Waals surface area contributed by atoms with E-state index in [1.165, 1.54) is 4.90 Å². The van der Waals surface area contributed by atoms with Crippen LogP contribution >= 0.6 is 0 Å². The number of aryl methyl sites for hydroxylation is 1. The number of benzene rings is 2. The number of ether oxygens (including phenoxy) is 1. The molecule has 0 aromatic heterocycles. The average molecular weight is 530 g/mol. The number of carbonyl (C=O) groups excluding carboxylic acids is 2. The van der Waals surface area contributed by atoms with Crippen LogP contribution in [0.25, 0.3) is 0 Å². The summed E-state index contributed by atoms with van der Waals surface area (Å²) >= 11 is 0. The Hall–Kier alpha value is -3.07. The van der Waals surface area contributed by atoms with Crippen molar-refractivity contribution < 1.29 is 22.7 Å². The molecule has 1 fully saturated rings. The lowest BCUT2D eigenvalue weighted by molar-refractivity contribution is -0.140. The molecule has 3 rings (SSSR count). The van der Waals surface area contributed by atoms with Crippen LogP contribution in [0.1, 0.15) is 57.1 Å². The first-order chi connectivity index (χ1) is 17.6. The Morgan fingerprint density at radius 1 is 1.03 bits per heavy atom. The summed E-state index contributed by atoms with van der Waals surface area (Å²) in [6.07, 6.45) is 5.53. The summed E-state index contributed by atoms with van der Waals surface area (Å²) in [6.45, 7) is 6.00. The number of nitrogens with one attached hydrogen (secondary N) is 1. The zero-order chi connectivity index (χ0) is 27.0. The quantitative estimate of drug-likeness (QED) is 0.448. The maximum atomic E-state index is 13.8. The molecule has 2 aromatic carbocycles. The standard InChI is InChI=1S/C28H39N3O5S/c1-5-26(28(33)29-23-9-7-8-10-23)30(19-22-13-11-21(3)12-14-22)27(32)20-31(37(4,34)35)24-15-17-25(18-16-24)36-6-2/h11-18,23,26H,5-10,19-20H2,1-4H3,(H,29,33)/t26-/m1/s1. The first-order valence-corrected chi connectivity index (χ1v) is 14.8. The molecule has 1 atom stereocenters. The van der Waals surface area contributed by atoms with Crippen molar-refractivity contribution in [2.75, 3.05) is 23.7 Å². The molecule has 8 nitrogen and oxygen atoms in total. The van der Waals surface area contributed by atoms with Gasteiger partial charge in [0.2, 0.25) is 21.8 Å². The predicted octanol–water partition coefficient (Wildman–Crippen LogP) is 4.03. The maximum Gasteiger partial charge on any atom is 0.244 e. The Morgan fingerprint density at radius 2 is 1.65 bits per heavy atom. The number of hydrogen-bond donors (Lipinski definition) is 1. The zero-order valence-corrected chi connectivity index (χ0v) is 23.1. The SMILES string of the molecule is CCOc1ccc(N(CC(=O)N(Cc2ccc(C)cc2)[C@H](CC)C(=O)NC2CCCC2)S(C)(=O)=O)cc1. The fraction of sp³-hybridized carbons (Fsp3) is 0.500. The molecule has 37 heavy (non-hydrogen) atoms. The lowest BCUT2D eigenvalue weighted by Gasteiger charge is -2.33. The molecule has 1 aliphatic rings. The second-order valence-electron chi connectivity index (χ2n) is 9.62. The van der Waals surface area contributed by atoms with Gasteiger partial charge in [0.15, 0.2) is 0 Å². The van der Waals surface area contributed by atoms with Gasteiger partial charge in [0.25, 0.3) is 0 Å². The molecule has 1 saturated carbocycles. The third-order valence-corrected chi connectivity index (χ3v) is 7.82. The number of nitrogens with zero attached hydrogens (tertiary/aromatic N) is 2. The Morgan fingerprint density at radius 3 is 2.19 bits per heavy atom. The smallest absolute Gasteiger partial charge is 0.244 e. The molecule has 0 aliphatic heterocycles. The molecule has 0 unspecified atom stereocenters. The highest BCUT2D eigenvalue weighted by atomic mass is 32.2. The molecule has 202 valence electrons. The molecule has 0 spiro atoms. The van der Waals surface area contributed by atoms with Gasteiger partial charge in [-0.1, -0.05) is 49.6 Å². The highest BCUT2D eigenvalue weighted by Gasteiger charge is 2.33. The summed E-state index contributed by atoms with van der Waals surface area (Å²) in [4.78, 5) is 28.6. The van der Waals surface area contributed by atoms with E-state index in [0.717, 1.165) is 47.4 Å². The molecule has 1 aliphatic carbocycles. The van der Waals surface area contributed by atoms with Crippen LogP contribution < -0.4 is 14.4 Å². The topological polar surface area (TPSA) is 96.0 Å². The Labute approximate surface area is 221 Å². The summed E-state index contributed by atoms with van der Waals surface area (Å²) in [5.41, 5.74) is 2.32. The fourth-order valence-corrected chi connectivity index (χ4v) is 5.52. The molecule has 0 saturated heterocycles. The third kappa shape index (κ3) is 7.95. The highest BCUT2D eigenvalue weighted by Crippen LogP contribution is 2.23. The van der Waals surface area contributed by atoms with Gasteiger partial charge < -0.3 is 15.0 Å². The number of hydrogen-bond acceptors (Lipinski definition) is 5. The van der Waals surface area contributed by atoms with Gasteiger partial charge in [-0.05, 0) is 62.9 Å². The number of amides is 2. The van der Waals surface area contributed by atoms with Crippen molar-refractivity contribution in [3.8, 4) is 5.75 Å². The van der Waals surface area contributed by atoms with E-state index in [-0.39, 0.29) is 18.5 Å². The van der Waals surface area contributed by atoms with Crippen molar-refractivity contribution >= 4 is 27.5 Å². The fourth-order valence-electron chi connectivity index (χ4n) is 4.67. The van der Waals surface area contributed by atoms with Gasteiger partial charge in [-0.2, -0.15) is 0 Å². The van der Waals surface area contributed by atoms with E-state index >= 15 is 0 Å². The minimum absolute atomic E-state index is 0.120. The van der Waals surface area contributed by atoms with Gasteiger partial charge in [-0.15, -0.1) is 0 Å². The van der Waals surface area contributed by atoms with Gasteiger partial charge in [0.1, 0.15) is 18.3 Å². The third-order valence-electron chi connectivity index (χ3n) is 6.68. The predicted molar refractivity (Wildman–Crippen MR) is 146 cm³/mol. The van der Waals surface area contributed by atoms with Crippen LogP contribution in [-0.4, -0.2) is 56.6 Å². The Balaban J connectivity index is 1.89. The van der Waals surface area contributed by atoms with Crippen molar-refractivity contribution in [2.24, 2.45) is 0 Å². The van der Waals surface area contributed by atoms with E-state index in [0.29, 0.717) is 24.5 Å². The van der Waals surface area contributed by atoms with Crippen molar-refractivity contribution in [2.45, 2.75) is 71.5 Å². The van der Waals surface area contributed by atoms with Crippen LogP contribution in [0.2, 0.25) is 0 Å². The van der Waals surface area contributed by atoms with Gasteiger partial charge in [-0.25, -0.2) is 8.42 Å². The van der Waals surface area contributed by atoms with E-state index in [9.17, 15) is 18.0 Å². The van der Waals surface area contributed by atoms with Gasteiger partial charge in [0.05, 0.1) is 18.6 Å². The van der Waals surface area contributed by atoms with Crippen molar-refractivity contribution in [3.05, 3.63) is 59.7 Å². The van der Waals surface area contributed by atoms with Crippen LogP contribution in [0, 0.1) is 6.92 Å². The zero-order valence-electron chi connectivity index (χ0n) is 22.3. The molecule has 0 heterocycles. The van der Waals surface area contributed by atoms with Crippen LogP contribution in [0.5, 0.6) is 5.75 Å². The summed E-state index contributed by atoms with van der Waals surface area (Å²) in [5.74, 6) is -0.0169. The van der Waals surface area contributed by atoms with Gasteiger partial charge in [0, 0.05) is 12.6 Å². The number of anilines is 1. The van der Waals surface area contributed by atoms with Crippen molar-refractivity contribution in [3.63, 3.8) is 0 Å². The van der Waals surface area contributed by atoms with E-state index < -0.39 is 28.5 Å². The summed E-state index contributed by atoms with van der Waals surface area (Å²) < 4.78 is 32.0. The number of rotatable bonds is 12. The molecular weight excluding hydrogens is 490 g/mol. The first kappa shape index (κ1) is 28.5. The number of carbonyl (C=O) groups is 2. The summed E-state index contributed by atoms with van der Waals surface area (Å²) in [6, 6.07) is 13.8. The van der Waals surface area contributed by atoms with E-state index in [1.807, 2.05) is 45.0 Å². The number of sulfonamides is 1. The summed E-state index contributed by atoms with van der Waals surface area (Å²) in [5, 5.41) is 3.11. The van der Waals surface area contributed by atoms with E-state index in [2.05, 4.69) is 5.32 Å². The Kier molecular flexibility index (Phi) is 9.97. The second kappa shape index (κ2) is 12.9. The molecule has 0 radical (unpaired) electrons. The minimum Gasteiger partial charge on any atom is -0.494 e. The monoisotopic (exact) mass is 529 g/mol. The lowest BCUT2D eigenvalue weighted by atomic mass is 10.1. The van der Waals surface area contributed by atoms with E-state index in [4.69, 9.17) is 4.74 Å². The first-order valence-electron chi connectivity index (χ1n) is 13.0. The van der Waals surface area contributed by atoms with Crippen LogP contribution in [0.3, 0.4) is 0 Å². The Bertz CT molecular complexity index is 1140. The second-order valence-corrected chi connectivity index (χ2v) is 11.5.